The zero-order valence-corrected chi connectivity index (χ0v) is 9.14. The lowest BCUT2D eigenvalue weighted by Gasteiger charge is -1.94. The summed E-state index contributed by atoms with van der Waals surface area (Å²) in [7, 11) is 0. The summed E-state index contributed by atoms with van der Waals surface area (Å²) in [6, 6.07) is 5.45. The molecule has 1 aromatic carbocycles. The number of carbonyl (C=O) groups is 1. The maximum absolute atomic E-state index is 10.2. The van der Waals surface area contributed by atoms with Gasteiger partial charge in [0, 0.05) is 16.6 Å². The molecule has 0 unspecified atom stereocenters. The Morgan fingerprint density at radius 1 is 1.13 bits per heavy atom. The molecule has 0 saturated heterocycles. The van der Waals surface area contributed by atoms with E-state index < -0.39 is 0 Å². The van der Waals surface area contributed by atoms with Gasteiger partial charge in [0.1, 0.15) is 6.29 Å². The Hall–Kier alpha value is -1.25. The molecule has 1 aromatic heterocycles. The Morgan fingerprint density at radius 3 is 2.60 bits per heavy atom. The lowest BCUT2D eigenvalue weighted by Crippen LogP contribution is -1.71. The molecule has 1 heterocycles. The minimum Gasteiger partial charge on any atom is -0.355 e. The van der Waals surface area contributed by atoms with Crippen LogP contribution < -0.4 is 0 Å². The second-order valence-corrected chi connectivity index (χ2v) is 3.89. The summed E-state index contributed by atoms with van der Waals surface area (Å²) in [5.41, 5.74) is 1.74. The van der Waals surface area contributed by atoms with Crippen molar-refractivity contribution in [3.05, 3.63) is 40.0 Å². The van der Waals surface area contributed by atoms with Gasteiger partial charge in [-0.3, -0.25) is 4.79 Å². The van der Waals surface area contributed by atoms with Crippen molar-refractivity contribution in [1.29, 1.82) is 0 Å². The zero-order chi connectivity index (χ0) is 10.8. The molecule has 1 N–H and O–H groups in total. The molecule has 0 radical (unpaired) electrons. The summed E-state index contributed by atoms with van der Waals surface area (Å²) in [5.74, 6) is 0. The molecule has 0 aliphatic carbocycles. The highest BCUT2D eigenvalue weighted by atomic mass is 35.5. The van der Waals surface area contributed by atoms with E-state index in [4.69, 9.17) is 23.2 Å². The fourth-order valence-electron chi connectivity index (χ4n) is 1.38. The van der Waals surface area contributed by atoms with Crippen molar-refractivity contribution >= 4 is 46.5 Å². The van der Waals surface area contributed by atoms with Gasteiger partial charge in [0.15, 0.2) is 0 Å². The summed E-state index contributed by atoms with van der Waals surface area (Å²) < 4.78 is 0. The monoisotopic (exact) mass is 239 g/mol. The standard InChI is InChI=1S/C11H7Cl2NO/c12-9-5-7-4-8(2-1-3-15)14-11(7)6-10(9)13/h1-6,14H/b2-1+. The molecule has 2 nitrogen and oxygen atoms in total. The minimum atomic E-state index is 0.511. The predicted octanol–water partition coefficient (Wildman–Crippen LogP) is 3.69. The first-order valence-corrected chi connectivity index (χ1v) is 5.06. The lowest BCUT2D eigenvalue weighted by atomic mass is 10.2. The van der Waals surface area contributed by atoms with Crippen LogP contribution in [0.4, 0.5) is 0 Å². The van der Waals surface area contributed by atoms with Gasteiger partial charge in [-0.2, -0.15) is 0 Å². The van der Waals surface area contributed by atoms with Crippen molar-refractivity contribution < 1.29 is 4.79 Å². The van der Waals surface area contributed by atoms with Crippen LogP contribution in [0.15, 0.2) is 24.3 Å². The molecule has 0 fully saturated rings. The maximum atomic E-state index is 10.2. The molecule has 0 atom stereocenters. The van der Waals surface area contributed by atoms with Crippen LogP contribution in [0.25, 0.3) is 17.0 Å². The van der Waals surface area contributed by atoms with Gasteiger partial charge in [-0.15, -0.1) is 0 Å². The number of nitrogens with one attached hydrogen (secondary N) is 1. The molecular formula is C11H7Cl2NO. The van der Waals surface area contributed by atoms with Gasteiger partial charge in [0.05, 0.1) is 10.0 Å². The van der Waals surface area contributed by atoms with E-state index in [2.05, 4.69) is 4.98 Å². The predicted molar refractivity (Wildman–Crippen MR) is 63.4 cm³/mol. The topological polar surface area (TPSA) is 32.9 Å². The third-order valence-corrected chi connectivity index (χ3v) is 2.76. The van der Waals surface area contributed by atoms with Crippen LogP contribution in [0.5, 0.6) is 0 Å². The van der Waals surface area contributed by atoms with Crippen LogP contribution in [0.2, 0.25) is 10.0 Å². The van der Waals surface area contributed by atoms with Gasteiger partial charge in [0.2, 0.25) is 0 Å². The highest BCUT2D eigenvalue weighted by Crippen LogP contribution is 2.28. The van der Waals surface area contributed by atoms with E-state index in [1.807, 2.05) is 6.07 Å². The number of aldehydes is 1. The van der Waals surface area contributed by atoms with Crippen LogP contribution in [-0.4, -0.2) is 11.3 Å². The van der Waals surface area contributed by atoms with Gasteiger partial charge >= 0.3 is 0 Å². The number of hydrogen-bond acceptors (Lipinski definition) is 1. The number of aromatic amines is 1. The number of hydrogen-bond donors (Lipinski definition) is 1. The summed E-state index contributed by atoms with van der Waals surface area (Å²) in [6.45, 7) is 0. The van der Waals surface area contributed by atoms with E-state index in [0.29, 0.717) is 10.0 Å². The molecule has 0 amide bonds. The second-order valence-electron chi connectivity index (χ2n) is 3.07. The van der Waals surface area contributed by atoms with Crippen LogP contribution in [0, 0.1) is 0 Å². The molecule has 0 saturated carbocycles. The molecular weight excluding hydrogens is 233 g/mol. The number of aromatic nitrogens is 1. The van der Waals surface area contributed by atoms with Gasteiger partial charge in [0.25, 0.3) is 0 Å². The highest BCUT2D eigenvalue weighted by Gasteiger charge is 2.03. The van der Waals surface area contributed by atoms with Crippen LogP contribution >= 0.6 is 23.2 Å². The summed E-state index contributed by atoms with van der Waals surface area (Å²) in [4.78, 5) is 13.3. The average Bonchev–Trinajstić information content (AvgIpc) is 2.58. The Bertz CT molecular complexity index is 504. The number of halogens is 2. The number of fused-ring (bicyclic) bond motifs is 1. The molecule has 15 heavy (non-hydrogen) atoms. The van der Waals surface area contributed by atoms with Crippen molar-refractivity contribution in [3.8, 4) is 0 Å². The first-order chi connectivity index (χ1) is 7.20. The fraction of sp³-hybridized carbons (Fsp3) is 0. The minimum absolute atomic E-state index is 0.511. The van der Waals surface area contributed by atoms with Gasteiger partial charge in [-0.1, -0.05) is 23.2 Å². The second kappa shape index (κ2) is 4.09. The Morgan fingerprint density at radius 2 is 1.87 bits per heavy atom. The van der Waals surface area contributed by atoms with E-state index in [1.165, 1.54) is 6.08 Å². The van der Waals surface area contributed by atoms with E-state index in [0.717, 1.165) is 22.9 Å². The Labute approximate surface area is 96.5 Å². The highest BCUT2D eigenvalue weighted by molar-refractivity contribution is 6.42. The molecule has 2 rings (SSSR count). The van der Waals surface area contributed by atoms with Crippen molar-refractivity contribution in [2.75, 3.05) is 0 Å². The molecule has 76 valence electrons. The van der Waals surface area contributed by atoms with E-state index in [-0.39, 0.29) is 0 Å². The SMILES string of the molecule is O=C/C=C/c1cc2cc(Cl)c(Cl)cc2[nH]1. The fourth-order valence-corrected chi connectivity index (χ4v) is 1.72. The number of allylic oxidation sites excluding steroid dienone is 1. The zero-order valence-electron chi connectivity index (χ0n) is 7.63. The largest absolute Gasteiger partial charge is 0.355 e. The summed E-state index contributed by atoms with van der Waals surface area (Å²) in [5, 5.41) is 2.00. The van der Waals surface area contributed by atoms with Crippen LogP contribution in [-0.2, 0) is 4.79 Å². The lowest BCUT2D eigenvalue weighted by molar-refractivity contribution is -0.104. The van der Waals surface area contributed by atoms with E-state index in [9.17, 15) is 4.79 Å². The smallest absolute Gasteiger partial charge is 0.142 e. The van der Waals surface area contributed by atoms with Crippen LogP contribution in [0.1, 0.15) is 5.69 Å². The summed E-state index contributed by atoms with van der Waals surface area (Å²) >= 11 is 11.8. The van der Waals surface area contributed by atoms with E-state index >= 15 is 0 Å². The quantitative estimate of drug-likeness (QED) is 0.630. The number of rotatable bonds is 2. The van der Waals surface area contributed by atoms with Crippen molar-refractivity contribution in [3.63, 3.8) is 0 Å². The normalized spacial score (nSPS) is 11.3. The number of carbonyl (C=O) groups excluding carboxylic acids is 1. The number of H-pyrrole nitrogens is 1. The molecule has 0 bridgehead atoms. The third kappa shape index (κ3) is 2.06. The summed E-state index contributed by atoms with van der Waals surface area (Å²) in [6.07, 6.45) is 3.84. The molecule has 0 aliphatic rings. The first-order valence-electron chi connectivity index (χ1n) is 4.30. The van der Waals surface area contributed by atoms with Gasteiger partial charge in [-0.05, 0) is 30.4 Å². The van der Waals surface area contributed by atoms with Crippen molar-refractivity contribution in [2.45, 2.75) is 0 Å². The Balaban J connectivity index is 2.55. The van der Waals surface area contributed by atoms with Gasteiger partial charge in [-0.25, -0.2) is 0 Å². The molecule has 0 spiro atoms. The third-order valence-electron chi connectivity index (χ3n) is 2.04. The van der Waals surface area contributed by atoms with Gasteiger partial charge < -0.3 is 4.98 Å². The molecule has 0 aliphatic heterocycles. The molecule has 2 aromatic rings. The van der Waals surface area contributed by atoms with Crippen LogP contribution in [0.3, 0.4) is 0 Å². The van der Waals surface area contributed by atoms with E-state index in [1.54, 1.807) is 18.2 Å². The Kier molecular flexibility index (Phi) is 2.80. The maximum Gasteiger partial charge on any atom is 0.142 e. The molecule has 4 heteroatoms. The van der Waals surface area contributed by atoms with Crippen molar-refractivity contribution in [1.82, 2.24) is 4.98 Å². The van der Waals surface area contributed by atoms with Crippen molar-refractivity contribution in [2.24, 2.45) is 0 Å². The number of benzene rings is 1. The first kappa shape index (κ1) is 10.3. The average molecular weight is 240 g/mol.